The van der Waals surface area contributed by atoms with Gasteiger partial charge < -0.3 is 10.1 Å². The maximum Gasteiger partial charge on any atom is 0.407 e. The van der Waals surface area contributed by atoms with Crippen LogP contribution in [0.5, 0.6) is 0 Å². The van der Waals surface area contributed by atoms with Crippen molar-refractivity contribution in [1.29, 1.82) is 0 Å². The van der Waals surface area contributed by atoms with E-state index in [2.05, 4.69) is 5.32 Å². The third-order valence-corrected chi connectivity index (χ3v) is 4.84. The summed E-state index contributed by atoms with van der Waals surface area (Å²) in [5.41, 5.74) is 1.02. The van der Waals surface area contributed by atoms with Crippen LogP contribution in [0.15, 0.2) is 54.6 Å². The van der Waals surface area contributed by atoms with E-state index < -0.39 is 42.8 Å². The number of nitrogens with one attached hydrogen (secondary N) is 1. The highest BCUT2D eigenvalue weighted by molar-refractivity contribution is 6.21. The minimum Gasteiger partial charge on any atom is -0.445 e. The number of carbonyl (C=O) groups is 3. The summed E-state index contributed by atoms with van der Waals surface area (Å²) >= 11 is 0. The average molecular weight is 416 g/mol. The lowest BCUT2D eigenvalue weighted by Gasteiger charge is -2.30. The molecule has 3 amide bonds. The normalized spacial score (nSPS) is 14.4. The Kier molecular flexibility index (Phi) is 6.44. The second-order valence-electron chi connectivity index (χ2n) is 7.04. The first-order valence-corrected chi connectivity index (χ1v) is 9.63. The molecule has 0 saturated carbocycles. The van der Waals surface area contributed by atoms with Crippen LogP contribution < -0.4 is 5.32 Å². The molecule has 0 unspecified atom stereocenters. The zero-order valence-electron chi connectivity index (χ0n) is 16.4. The number of alkyl carbamates (subject to hydrolysis) is 1. The van der Waals surface area contributed by atoms with E-state index in [0.29, 0.717) is 5.56 Å². The number of carbonyl (C=O) groups excluding carboxylic acids is 3. The fraction of sp³-hybridized carbons (Fsp3) is 0.318. The quantitative estimate of drug-likeness (QED) is 0.660. The van der Waals surface area contributed by atoms with Crippen molar-refractivity contribution in [2.24, 2.45) is 0 Å². The summed E-state index contributed by atoms with van der Waals surface area (Å²) in [6.07, 6.45) is -1.40. The van der Waals surface area contributed by atoms with Gasteiger partial charge in [0.2, 0.25) is 0 Å². The fourth-order valence-corrected chi connectivity index (χ4v) is 3.29. The molecule has 1 N–H and O–H groups in total. The van der Waals surface area contributed by atoms with Gasteiger partial charge in [-0.25, -0.2) is 13.6 Å². The van der Waals surface area contributed by atoms with Crippen molar-refractivity contribution in [2.75, 3.05) is 6.54 Å². The second-order valence-corrected chi connectivity index (χ2v) is 7.04. The topological polar surface area (TPSA) is 75.7 Å². The highest BCUT2D eigenvalue weighted by atomic mass is 19.3. The third kappa shape index (κ3) is 4.64. The number of amides is 3. The summed E-state index contributed by atoms with van der Waals surface area (Å²) in [5.74, 6) is -4.66. The number of imide groups is 1. The van der Waals surface area contributed by atoms with Crippen molar-refractivity contribution in [3.05, 3.63) is 71.3 Å². The van der Waals surface area contributed by atoms with E-state index in [9.17, 15) is 23.2 Å². The number of benzene rings is 2. The van der Waals surface area contributed by atoms with Crippen LogP contribution in [0.2, 0.25) is 0 Å². The number of halogens is 2. The molecule has 0 spiro atoms. The van der Waals surface area contributed by atoms with Gasteiger partial charge in [-0.05, 0) is 17.7 Å². The van der Waals surface area contributed by atoms with Crippen molar-refractivity contribution in [1.82, 2.24) is 10.2 Å². The molecule has 8 heteroatoms. The van der Waals surface area contributed by atoms with Crippen LogP contribution >= 0.6 is 0 Å². The molecule has 1 atom stereocenters. The number of alkyl halides is 2. The molecule has 30 heavy (non-hydrogen) atoms. The molecule has 0 radical (unpaired) electrons. The highest BCUT2D eigenvalue weighted by Crippen LogP contribution is 2.29. The molecule has 158 valence electrons. The number of hydrogen-bond donors (Lipinski definition) is 1. The Morgan fingerprint density at radius 2 is 1.60 bits per heavy atom. The van der Waals surface area contributed by atoms with Crippen molar-refractivity contribution in [2.45, 2.75) is 38.3 Å². The van der Waals surface area contributed by atoms with Crippen LogP contribution in [0.3, 0.4) is 0 Å². The maximum atomic E-state index is 14.7. The summed E-state index contributed by atoms with van der Waals surface area (Å²) in [6.45, 7) is 0.840. The number of ether oxygens (including phenoxy) is 1. The Labute approximate surface area is 172 Å². The van der Waals surface area contributed by atoms with E-state index >= 15 is 0 Å². The van der Waals surface area contributed by atoms with Crippen LogP contribution in [-0.2, 0) is 11.3 Å². The Morgan fingerprint density at radius 3 is 2.17 bits per heavy atom. The summed E-state index contributed by atoms with van der Waals surface area (Å²) in [4.78, 5) is 38.0. The first-order valence-electron chi connectivity index (χ1n) is 9.63. The van der Waals surface area contributed by atoms with Crippen LogP contribution in [-0.4, -0.2) is 41.3 Å². The first kappa shape index (κ1) is 21.4. The van der Waals surface area contributed by atoms with Crippen molar-refractivity contribution >= 4 is 17.9 Å². The monoisotopic (exact) mass is 416 g/mol. The molecule has 0 aromatic heterocycles. The molecule has 0 bridgehead atoms. The van der Waals surface area contributed by atoms with E-state index in [-0.39, 0.29) is 24.2 Å². The van der Waals surface area contributed by atoms with Crippen molar-refractivity contribution in [3.8, 4) is 0 Å². The fourth-order valence-electron chi connectivity index (χ4n) is 3.29. The molecule has 0 aliphatic carbocycles. The summed E-state index contributed by atoms with van der Waals surface area (Å²) < 4.78 is 34.5. The third-order valence-electron chi connectivity index (χ3n) is 4.84. The molecule has 2 aromatic rings. The lowest BCUT2D eigenvalue weighted by Crippen LogP contribution is -2.54. The second kappa shape index (κ2) is 9.02. The Bertz CT molecular complexity index is 899. The van der Waals surface area contributed by atoms with Gasteiger partial charge in [0.25, 0.3) is 17.7 Å². The van der Waals surface area contributed by atoms with Gasteiger partial charge in [-0.2, -0.15) is 0 Å². The predicted octanol–water partition coefficient (Wildman–Crippen LogP) is 4.01. The van der Waals surface area contributed by atoms with E-state index in [0.717, 1.165) is 4.90 Å². The zero-order chi connectivity index (χ0) is 21.7. The van der Waals surface area contributed by atoms with Crippen LogP contribution in [0.25, 0.3) is 0 Å². The molecule has 1 heterocycles. The van der Waals surface area contributed by atoms with Gasteiger partial charge in [0.15, 0.2) is 0 Å². The van der Waals surface area contributed by atoms with Crippen molar-refractivity contribution < 1.29 is 27.9 Å². The van der Waals surface area contributed by atoms with Gasteiger partial charge in [0.05, 0.1) is 17.7 Å². The van der Waals surface area contributed by atoms with E-state index in [4.69, 9.17) is 4.74 Å². The SMILES string of the molecule is CCCC(F)(F)[C@@H](CN1C(=O)c2ccccc2C1=O)NC(=O)OCc1ccccc1. The Hall–Kier alpha value is -3.29. The zero-order valence-corrected chi connectivity index (χ0v) is 16.4. The number of rotatable bonds is 8. The number of hydrogen-bond acceptors (Lipinski definition) is 4. The van der Waals surface area contributed by atoms with Gasteiger partial charge in [0, 0.05) is 6.42 Å². The molecule has 1 aliphatic heterocycles. The number of fused-ring (bicyclic) bond motifs is 1. The lowest BCUT2D eigenvalue weighted by molar-refractivity contribution is -0.0496. The Balaban J connectivity index is 1.72. The first-order chi connectivity index (χ1) is 14.3. The molecule has 1 aliphatic rings. The number of nitrogens with zero attached hydrogens (tertiary/aromatic N) is 1. The summed E-state index contributed by atoms with van der Waals surface area (Å²) in [7, 11) is 0. The average Bonchev–Trinajstić information content (AvgIpc) is 2.97. The van der Waals surface area contributed by atoms with Crippen molar-refractivity contribution in [3.63, 3.8) is 0 Å². The van der Waals surface area contributed by atoms with Gasteiger partial charge >= 0.3 is 6.09 Å². The van der Waals surface area contributed by atoms with Gasteiger partial charge in [0.1, 0.15) is 12.6 Å². The summed E-state index contributed by atoms with van der Waals surface area (Å²) in [5, 5.41) is 2.15. The van der Waals surface area contributed by atoms with Crippen LogP contribution in [0.4, 0.5) is 13.6 Å². The minimum absolute atomic E-state index is 0.0915. The van der Waals surface area contributed by atoms with Crippen LogP contribution in [0, 0.1) is 0 Å². The molecule has 0 fully saturated rings. The molecule has 0 saturated heterocycles. The Morgan fingerprint density at radius 1 is 1.03 bits per heavy atom. The van der Waals surface area contributed by atoms with E-state index in [1.807, 2.05) is 0 Å². The van der Waals surface area contributed by atoms with Gasteiger partial charge in [-0.1, -0.05) is 55.8 Å². The molecule has 2 aromatic carbocycles. The van der Waals surface area contributed by atoms with E-state index in [1.165, 1.54) is 12.1 Å². The molecular formula is C22H22F2N2O4. The summed E-state index contributed by atoms with van der Waals surface area (Å²) in [6, 6.07) is 13.1. The smallest absolute Gasteiger partial charge is 0.407 e. The molecule has 3 rings (SSSR count). The van der Waals surface area contributed by atoms with Gasteiger partial charge in [-0.15, -0.1) is 0 Å². The molecule has 6 nitrogen and oxygen atoms in total. The van der Waals surface area contributed by atoms with Gasteiger partial charge in [-0.3, -0.25) is 14.5 Å². The molecular weight excluding hydrogens is 394 g/mol. The standard InChI is InChI=1S/C22H22F2N2O4/c1-2-12-22(23,24)18(25-21(29)30-14-15-8-4-3-5-9-15)13-26-19(27)16-10-6-7-11-17(16)20(26)28/h3-11,18H,2,12-14H2,1H3,(H,25,29)/t18-/m1/s1. The maximum absolute atomic E-state index is 14.7. The van der Waals surface area contributed by atoms with Crippen LogP contribution in [0.1, 0.15) is 46.0 Å². The highest BCUT2D eigenvalue weighted by Gasteiger charge is 2.45. The van der Waals surface area contributed by atoms with E-state index in [1.54, 1.807) is 49.4 Å². The minimum atomic E-state index is -3.34. The lowest BCUT2D eigenvalue weighted by atomic mass is 10.0. The largest absolute Gasteiger partial charge is 0.445 e. The predicted molar refractivity (Wildman–Crippen MR) is 105 cm³/mol.